The molecule has 154 valence electrons. The summed E-state index contributed by atoms with van der Waals surface area (Å²) in [7, 11) is 0. The Labute approximate surface area is 175 Å². The van der Waals surface area contributed by atoms with Gasteiger partial charge in [0.1, 0.15) is 0 Å². The number of benzene rings is 2. The molecule has 7 nitrogen and oxygen atoms in total. The number of nitrogens with one attached hydrogen (secondary N) is 2. The Morgan fingerprint density at radius 1 is 1.13 bits per heavy atom. The number of aryl methyl sites for hydroxylation is 1. The molecule has 0 atom stereocenters. The highest BCUT2D eigenvalue weighted by Gasteiger charge is 2.21. The summed E-state index contributed by atoms with van der Waals surface area (Å²) in [6.07, 6.45) is 4.18. The Morgan fingerprint density at radius 2 is 1.97 bits per heavy atom. The number of fused-ring (bicyclic) bond motifs is 2. The fourth-order valence-electron chi connectivity index (χ4n) is 4.30. The van der Waals surface area contributed by atoms with Gasteiger partial charge < -0.3 is 21.1 Å². The highest BCUT2D eigenvalue weighted by atomic mass is 16.5. The zero-order valence-corrected chi connectivity index (χ0v) is 16.9. The Hall–Kier alpha value is -3.19. The maximum absolute atomic E-state index is 11.6. The molecule has 3 aromatic rings. The number of aromatic nitrogens is 2. The molecule has 1 saturated carbocycles. The molecule has 0 spiro atoms. The second-order valence-corrected chi connectivity index (χ2v) is 8.14. The van der Waals surface area contributed by atoms with Crippen LogP contribution in [0, 0.1) is 6.92 Å². The van der Waals surface area contributed by atoms with Crippen LogP contribution in [0.3, 0.4) is 0 Å². The third-order valence-electron chi connectivity index (χ3n) is 5.94. The summed E-state index contributed by atoms with van der Waals surface area (Å²) in [5.41, 5.74) is 10.5. The first kappa shape index (κ1) is 18.8. The van der Waals surface area contributed by atoms with Gasteiger partial charge in [-0.3, -0.25) is 4.79 Å². The van der Waals surface area contributed by atoms with Crippen LogP contribution in [0.4, 0.5) is 11.6 Å². The largest absolute Gasteiger partial charge is 0.481 e. The number of nitrogens with zero attached hydrogens (tertiary/aromatic N) is 2. The van der Waals surface area contributed by atoms with Crippen molar-refractivity contribution in [3.63, 3.8) is 0 Å². The number of ether oxygens (including phenoxy) is 1. The van der Waals surface area contributed by atoms with E-state index in [-0.39, 0.29) is 12.5 Å². The number of nitrogens with two attached hydrogens (primary N) is 1. The van der Waals surface area contributed by atoms with Crippen molar-refractivity contribution in [1.29, 1.82) is 0 Å². The summed E-state index contributed by atoms with van der Waals surface area (Å²) < 4.78 is 5.71. The molecule has 0 bridgehead atoms. The summed E-state index contributed by atoms with van der Waals surface area (Å²) in [5, 5.41) is 7.35. The Balaban J connectivity index is 1.46. The summed E-state index contributed by atoms with van der Waals surface area (Å²) in [6.45, 7) is 2.04. The van der Waals surface area contributed by atoms with Crippen molar-refractivity contribution in [3.05, 3.63) is 42.1 Å². The van der Waals surface area contributed by atoms with Gasteiger partial charge in [-0.2, -0.15) is 0 Å². The molecule has 5 rings (SSSR count). The number of amides is 1. The van der Waals surface area contributed by atoms with Gasteiger partial charge in [-0.05, 0) is 56.4 Å². The van der Waals surface area contributed by atoms with Crippen LogP contribution < -0.4 is 21.1 Å². The molecular formula is C23H25N5O2. The number of carbonyl (C=O) groups excluding carboxylic acids is 1. The lowest BCUT2D eigenvalue weighted by Crippen LogP contribution is -2.33. The Bertz CT molecular complexity index is 1120. The van der Waals surface area contributed by atoms with E-state index in [1.54, 1.807) is 0 Å². The summed E-state index contributed by atoms with van der Waals surface area (Å²) >= 11 is 0. The minimum Gasteiger partial charge on any atom is -0.481 e. The summed E-state index contributed by atoms with van der Waals surface area (Å²) in [4.78, 5) is 21.1. The molecule has 1 aromatic heterocycles. The highest BCUT2D eigenvalue weighted by molar-refractivity contribution is 5.98. The van der Waals surface area contributed by atoms with E-state index in [2.05, 4.69) is 16.7 Å². The SMILES string of the molecule is Cc1nc(NC2CCC(N)CC2)nc2ccc(-c3cccc4c3OCC(=O)N4)cc12. The van der Waals surface area contributed by atoms with Gasteiger partial charge in [-0.1, -0.05) is 18.2 Å². The molecular weight excluding hydrogens is 378 g/mol. The topological polar surface area (TPSA) is 102 Å². The van der Waals surface area contributed by atoms with E-state index < -0.39 is 0 Å². The zero-order chi connectivity index (χ0) is 20.7. The van der Waals surface area contributed by atoms with Gasteiger partial charge >= 0.3 is 0 Å². The van der Waals surface area contributed by atoms with Crippen LogP contribution in [0.2, 0.25) is 0 Å². The van der Waals surface area contributed by atoms with Gasteiger partial charge in [0.25, 0.3) is 5.91 Å². The Kier molecular flexibility index (Phi) is 4.75. The number of anilines is 2. The molecule has 2 aromatic carbocycles. The third kappa shape index (κ3) is 3.57. The molecule has 2 aliphatic rings. The van der Waals surface area contributed by atoms with Gasteiger partial charge in [0, 0.05) is 23.0 Å². The van der Waals surface area contributed by atoms with Crippen molar-refractivity contribution >= 4 is 28.4 Å². The van der Waals surface area contributed by atoms with E-state index >= 15 is 0 Å². The average Bonchev–Trinajstić information content (AvgIpc) is 2.74. The molecule has 1 fully saturated rings. The number of hydrogen-bond acceptors (Lipinski definition) is 6. The third-order valence-corrected chi connectivity index (χ3v) is 5.94. The molecule has 1 amide bonds. The first-order valence-corrected chi connectivity index (χ1v) is 10.4. The van der Waals surface area contributed by atoms with Crippen molar-refractivity contribution in [2.75, 3.05) is 17.2 Å². The molecule has 1 aliphatic heterocycles. The fraction of sp³-hybridized carbons (Fsp3) is 0.348. The lowest BCUT2D eigenvalue weighted by molar-refractivity contribution is -0.118. The van der Waals surface area contributed by atoms with Crippen LogP contribution in [0.25, 0.3) is 22.0 Å². The van der Waals surface area contributed by atoms with Crippen molar-refractivity contribution < 1.29 is 9.53 Å². The molecule has 4 N–H and O–H groups in total. The highest BCUT2D eigenvalue weighted by Crippen LogP contribution is 2.39. The lowest BCUT2D eigenvalue weighted by Gasteiger charge is -2.27. The van der Waals surface area contributed by atoms with E-state index in [0.29, 0.717) is 29.5 Å². The lowest BCUT2D eigenvalue weighted by atomic mass is 9.92. The minimum absolute atomic E-state index is 0.0286. The predicted octanol–water partition coefficient (Wildman–Crippen LogP) is 3.62. The Morgan fingerprint density at radius 3 is 2.80 bits per heavy atom. The maximum atomic E-state index is 11.6. The quantitative estimate of drug-likeness (QED) is 0.617. The average molecular weight is 403 g/mol. The number of hydrogen-bond donors (Lipinski definition) is 3. The molecule has 0 unspecified atom stereocenters. The standard InChI is InChI=1S/C23H25N5O2/c1-13-18-11-14(17-3-2-4-20-22(17)30-12-21(29)27-20)5-10-19(18)28-23(25-13)26-16-8-6-15(24)7-9-16/h2-5,10-11,15-16H,6-9,12,24H2,1H3,(H,27,29)(H,25,26,28). The first-order valence-electron chi connectivity index (χ1n) is 10.4. The van der Waals surface area contributed by atoms with E-state index in [4.69, 9.17) is 20.4 Å². The number of para-hydroxylation sites is 1. The zero-order valence-electron chi connectivity index (χ0n) is 16.9. The number of rotatable bonds is 3. The number of carbonyl (C=O) groups is 1. The molecule has 2 heterocycles. The molecule has 30 heavy (non-hydrogen) atoms. The minimum atomic E-state index is -0.137. The molecule has 1 aliphatic carbocycles. The van der Waals surface area contributed by atoms with E-state index in [0.717, 1.165) is 53.4 Å². The van der Waals surface area contributed by atoms with Gasteiger partial charge in [-0.25, -0.2) is 9.97 Å². The normalized spacial score (nSPS) is 20.9. The molecule has 0 radical (unpaired) electrons. The van der Waals surface area contributed by atoms with Crippen LogP contribution in [-0.4, -0.2) is 34.6 Å². The first-order chi connectivity index (χ1) is 14.6. The van der Waals surface area contributed by atoms with E-state index in [9.17, 15) is 4.79 Å². The van der Waals surface area contributed by atoms with E-state index in [1.165, 1.54) is 0 Å². The second-order valence-electron chi connectivity index (χ2n) is 8.14. The van der Waals surface area contributed by atoms with Gasteiger partial charge in [0.2, 0.25) is 5.95 Å². The molecule has 0 saturated heterocycles. The van der Waals surface area contributed by atoms with Crippen LogP contribution in [0.5, 0.6) is 5.75 Å². The van der Waals surface area contributed by atoms with Crippen LogP contribution in [0.1, 0.15) is 31.4 Å². The summed E-state index contributed by atoms with van der Waals surface area (Å²) in [5.74, 6) is 1.24. The summed E-state index contributed by atoms with van der Waals surface area (Å²) in [6, 6.07) is 12.6. The van der Waals surface area contributed by atoms with Gasteiger partial charge in [-0.15, -0.1) is 0 Å². The molecule has 7 heteroatoms. The monoisotopic (exact) mass is 403 g/mol. The van der Waals surface area contributed by atoms with Crippen molar-refractivity contribution in [3.8, 4) is 16.9 Å². The van der Waals surface area contributed by atoms with E-state index in [1.807, 2.05) is 37.3 Å². The van der Waals surface area contributed by atoms with Gasteiger partial charge in [0.05, 0.1) is 16.9 Å². The second kappa shape index (κ2) is 7.57. The van der Waals surface area contributed by atoms with Crippen LogP contribution >= 0.6 is 0 Å². The smallest absolute Gasteiger partial charge is 0.262 e. The van der Waals surface area contributed by atoms with Crippen molar-refractivity contribution in [2.45, 2.75) is 44.7 Å². The van der Waals surface area contributed by atoms with Crippen molar-refractivity contribution in [2.24, 2.45) is 5.73 Å². The van der Waals surface area contributed by atoms with Crippen molar-refractivity contribution in [1.82, 2.24) is 9.97 Å². The van der Waals surface area contributed by atoms with Gasteiger partial charge in [0.15, 0.2) is 12.4 Å². The fourth-order valence-corrected chi connectivity index (χ4v) is 4.30. The maximum Gasteiger partial charge on any atom is 0.262 e. The van der Waals surface area contributed by atoms with Crippen LogP contribution in [0.15, 0.2) is 36.4 Å². The predicted molar refractivity (Wildman–Crippen MR) is 118 cm³/mol. The van der Waals surface area contributed by atoms with Crippen LogP contribution in [-0.2, 0) is 4.79 Å².